The van der Waals surface area contributed by atoms with E-state index in [1.807, 2.05) is 23.9 Å². The summed E-state index contributed by atoms with van der Waals surface area (Å²) in [5, 5.41) is 4.30. The molecule has 1 aliphatic rings. The fourth-order valence-corrected chi connectivity index (χ4v) is 3.09. The summed E-state index contributed by atoms with van der Waals surface area (Å²) in [7, 11) is 0. The van der Waals surface area contributed by atoms with E-state index in [2.05, 4.69) is 22.3 Å². The van der Waals surface area contributed by atoms with Gasteiger partial charge in [-0.3, -0.25) is 4.90 Å². The Morgan fingerprint density at radius 3 is 2.65 bits per heavy atom. The smallest absolute Gasteiger partial charge is 0.0594 e. The van der Waals surface area contributed by atoms with Crippen LogP contribution in [0, 0.1) is 0 Å². The minimum Gasteiger partial charge on any atom is -0.379 e. The quantitative estimate of drug-likeness (QED) is 0.589. The lowest BCUT2D eigenvalue weighted by atomic mass is 10.3. The molecule has 1 N–H and O–H groups in total. The molecule has 1 fully saturated rings. The van der Waals surface area contributed by atoms with E-state index < -0.39 is 0 Å². The molecule has 1 heterocycles. The van der Waals surface area contributed by atoms with Gasteiger partial charge >= 0.3 is 0 Å². The number of nitrogens with zero attached hydrogens (tertiary/aromatic N) is 1. The van der Waals surface area contributed by atoms with Crippen LogP contribution in [0.3, 0.4) is 0 Å². The van der Waals surface area contributed by atoms with Gasteiger partial charge in [0.1, 0.15) is 0 Å². The molecule has 0 amide bonds. The van der Waals surface area contributed by atoms with Crippen LogP contribution in [0.4, 0.5) is 0 Å². The van der Waals surface area contributed by atoms with Crippen LogP contribution in [0.25, 0.3) is 0 Å². The summed E-state index contributed by atoms with van der Waals surface area (Å²) < 4.78 is 5.34. The molecule has 112 valence electrons. The number of hydrogen-bond acceptors (Lipinski definition) is 4. The van der Waals surface area contributed by atoms with Crippen molar-refractivity contribution in [1.82, 2.24) is 10.2 Å². The highest BCUT2D eigenvalue weighted by molar-refractivity contribution is 7.99. The second kappa shape index (κ2) is 9.64. The van der Waals surface area contributed by atoms with Crippen molar-refractivity contribution < 1.29 is 4.74 Å². The van der Waals surface area contributed by atoms with Gasteiger partial charge in [-0.1, -0.05) is 11.6 Å². The highest BCUT2D eigenvalue weighted by Crippen LogP contribution is 2.19. The Balaban J connectivity index is 1.44. The Morgan fingerprint density at radius 1 is 1.15 bits per heavy atom. The predicted octanol–water partition coefficient (Wildman–Crippen LogP) is 2.74. The zero-order valence-corrected chi connectivity index (χ0v) is 13.4. The van der Waals surface area contributed by atoms with Crippen molar-refractivity contribution in [2.45, 2.75) is 11.3 Å². The predicted molar refractivity (Wildman–Crippen MR) is 86.9 cm³/mol. The number of rotatable bonds is 8. The lowest BCUT2D eigenvalue weighted by molar-refractivity contribution is 0.0375. The average molecular weight is 315 g/mol. The van der Waals surface area contributed by atoms with E-state index in [1.54, 1.807) is 0 Å². The lowest BCUT2D eigenvalue weighted by Gasteiger charge is -2.26. The molecule has 0 spiro atoms. The third-order valence-electron chi connectivity index (χ3n) is 3.29. The number of halogens is 1. The number of morpholine rings is 1. The average Bonchev–Trinajstić information content (AvgIpc) is 2.49. The lowest BCUT2D eigenvalue weighted by Crippen LogP contribution is -2.37. The molecule has 0 bridgehead atoms. The van der Waals surface area contributed by atoms with Crippen molar-refractivity contribution in [1.29, 1.82) is 0 Å². The summed E-state index contributed by atoms with van der Waals surface area (Å²) in [5.41, 5.74) is 0. The van der Waals surface area contributed by atoms with E-state index in [1.165, 1.54) is 17.9 Å². The number of nitrogens with one attached hydrogen (secondary N) is 1. The Kier molecular flexibility index (Phi) is 7.76. The van der Waals surface area contributed by atoms with E-state index in [0.717, 1.165) is 50.2 Å². The van der Waals surface area contributed by atoms with Crippen molar-refractivity contribution in [2.24, 2.45) is 0 Å². The number of ether oxygens (including phenoxy) is 1. The van der Waals surface area contributed by atoms with Gasteiger partial charge < -0.3 is 10.1 Å². The first-order chi connectivity index (χ1) is 9.84. The second-order valence-electron chi connectivity index (χ2n) is 4.86. The van der Waals surface area contributed by atoms with E-state index in [9.17, 15) is 0 Å². The van der Waals surface area contributed by atoms with Crippen molar-refractivity contribution in [2.75, 3.05) is 51.7 Å². The van der Waals surface area contributed by atoms with E-state index in [-0.39, 0.29) is 0 Å². The number of thioether (sulfide) groups is 1. The Hall–Kier alpha value is -0.260. The van der Waals surface area contributed by atoms with Crippen LogP contribution >= 0.6 is 23.4 Å². The first-order valence-electron chi connectivity index (χ1n) is 7.24. The van der Waals surface area contributed by atoms with Crippen molar-refractivity contribution >= 4 is 23.4 Å². The van der Waals surface area contributed by atoms with Gasteiger partial charge in [-0.2, -0.15) is 0 Å². The molecule has 5 heteroatoms. The summed E-state index contributed by atoms with van der Waals surface area (Å²) in [6, 6.07) is 8.04. The standard InChI is InChI=1S/C15H23ClN2OS/c16-14-2-4-15(5-3-14)20-13-7-17-6-1-8-18-9-11-19-12-10-18/h2-5,17H,1,6-13H2. The maximum atomic E-state index is 5.86. The minimum absolute atomic E-state index is 0.801. The van der Waals surface area contributed by atoms with Gasteiger partial charge in [0.05, 0.1) is 13.2 Å². The van der Waals surface area contributed by atoms with Gasteiger partial charge in [-0.15, -0.1) is 11.8 Å². The molecular formula is C15H23ClN2OS. The molecule has 1 aromatic rings. The van der Waals surface area contributed by atoms with Crippen LogP contribution in [0.5, 0.6) is 0 Å². The molecule has 0 atom stereocenters. The molecule has 0 aromatic heterocycles. The highest BCUT2D eigenvalue weighted by atomic mass is 35.5. The molecule has 2 rings (SSSR count). The summed E-state index contributed by atoms with van der Waals surface area (Å²) in [6.45, 7) is 7.30. The van der Waals surface area contributed by atoms with Gasteiger partial charge in [-0.25, -0.2) is 0 Å². The maximum Gasteiger partial charge on any atom is 0.0594 e. The normalized spacial score (nSPS) is 16.4. The maximum absolute atomic E-state index is 5.86. The van der Waals surface area contributed by atoms with Crippen LogP contribution in [0.1, 0.15) is 6.42 Å². The molecular weight excluding hydrogens is 292 g/mol. The Bertz CT molecular complexity index is 369. The molecule has 3 nitrogen and oxygen atoms in total. The van der Waals surface area contributed by atoms with Gasteiger partial charge in [0.15, 0.2) is 0 Å². The Morgan fingerprint density at radius 2 is 1.90 bits per heavy atom. The molecule has 1 saturated heterocycles. The van der Waals surface area contributed by atoms with Gasteiger partial charge in [-0.05, 0) is 43.8 Å². The third-order valence-corrected chi connectivity index (χ3v) is 4.56. The fourth-order valence-electron chi connectivity index (χ4n) is 2.15. The van der Waals surface area contributed by atoms with Crippen molar-refractivity contribution in [3.63, 3.8) is 0 Å². The molecule has 0 radical (unpaired) electrons. The topological polar surface area (TPSA) is 24.5 Å². The van der Waals surface area contributed by atoms with Crippen LogP contribution in [0.2, 0.25) is 5.02 Å². The molecule has 1 aromatic carbocycles. The molecule has 20 heavy (non-hydrogen) atoms. The van der Waals surface area contributed by atoms with E-state index in [4.69, 9.17) is 16.3 Å². The van der Waals surface area contributed by atoms with Gasteiger partial charge in [0.25, 0.3) is 0 Å². The molecule has 1 aliphatic heterocycles. The van der Waals surface area contributed by atoms with E-state index in [0.29, 0.717) is 0 Å². The summed E-state index contributed by atoms with van der Waals surface area (Å²) in [5.74, 6) is 1.10. The van der Waals surface area contributed by atoms with Crippen molar-refractivity contribution in [3.05, 3.63) is 29.3 Å². The summed E-state index contributed by atoms with van der Waals surface area (Å²) >= 11 is 7.73. The van der Waals surface area contributed by atoms with Crippen LogP contribution < -0.4 is 5.32 Å². The molecule has 0 aliphatic carbocycles. The zero-order chi connectivity index (χ0) is 14.0. The molecule has 0 unspecified atom stereocenters. The summed E-state index contributed by atoms with van der Waals surface area (Å²) in [4.78, 5) is 3.76. The third kappa shape index (κ3) is 6.46. The molecule has 0 saturated carbocycles. The highest BCUT2D eigenvalue weighted by Gasteiger charge is 2.08. The monoisotopic (exact) mass is 314 g/mol. The fraction of sp³-hybridized carbons (Fsp3) is 0.600. The number of benzene rings is 1. The second-order valence-corrected chi connectivity index (χ2v) is 6.46. The van der Waals surface area contributed by atoms with Gasteiger partial charge in [0.2, 0.25) is 0 Å². The SMILES string of the molecule is Clc1ccc(SCCNCCCN2CCOCC2)cc1. The van der Waals surface area contributed by atoms with Gasteiger partial charge in [0, 0.05) is 35.3 Å². The van der Waals surface area contributed by atoms with Crippen LogP contribution in [-0.2, 0) is 4.74 Å². The largest absolute Gasteiger partial charge is 0.379 e. The van der Waals surface area contributed by atoms with Crippen LogP contribution in [-0.4, -0.2) is 56.6 Å². The van der Waals surface area contributed by atoms with Crippen LogP contribution in [0.15, 0.2) is 29.2 Å². The Labute approximate surface area is 131 Å². The van der Waals surface area contributed by atoms with E-state index >= 15 is 0 Å². The van der Waals surface area contributed by atoms with Crippen molar-refractivity contribution in [3.8, 4) is 0 Å². The first kappa shape index (κ1) is 16.1. The minimum atomic E-state index is 0.801. The first-order valence-corrected chi connectivity index (χ1v) is 8.60. The summed E-state index contributed by atoms with van der Waals surface area (Å²) in [6.07, 6.45) is 1.21. The number of hydrogen-bond donors (Lipinski definition) is 1. The zero-order valence-electron chi connectivity index (χ0n) is 11.8.